The summed E-state index contributed by atoms with van der Waals surface area (Å²) in [6.45, 7) is 0. The molecular formula is C11H12Cl3NO4. The van der Waals surface area contributed by atoms with Crippen molar-refractivity contribution in [2.75, 3.05) is 14.1 Å². The van der Waals surface area contributed by atoms with Crippen LogP contribution in [0.1, 0.15) is 5.56 Å². The number of allylic oxidation sites excluding steroid dienone is 1. The van der Waals surface area contributed by atoms with Crippen LogP contribution >= 0.6 is 23.2 Å². The van der Waals surface area contributed by atoms with Crippen molar-refractivity contribution in [3.8, 4) is 0 Å². The van der Waals surface area contributed by atoms with Gasteiger partial charge in [0.2, 0.25) is 0 Å². The van der Waals surface area contributed by atoms with Crippen LogP contribution in [0.4, 0.5) is 0 Å². The van der Waals surface area contributed by atoms with Gasteiger partial charge < -0.3 is 0 Å². The third kappa shape index (κ3) is 12.1. The molecule has 8 heteroatoms. The van der Waals surface area contributed by atoms with Crippen LogP contribution in [-0.2, 0) is 0 Å². The molecule has 0 amide bonds. The first-order valence-corrected chi connectivity index (χ1v) is 6.83. The number of benzene rings is 1. The summed E-state index contributed by atoms with van der Waals surface area (Å²) in [7, 11) is -1.05. The van der Waals surface area contributed by atoms with Crippen molar-refractivity contribution in [1.82, 2.24) is 0 Å². The molecule has 106 valence electrons. The molecule has 5 nitrogen and oxygen atoms in total. The lowest BCUT2D eigenvalue weighted by Crippen LogP contribution is -2.68. The highest BCUT2D eigenvalue weighted by Gasteiger charge is 1.97. The van der Waals surface area contributed by atoms with Crippen molar-refractivity contribution < 1.29 is 33.5 Å². The quantitative estimate of drug-likeness (QED) is 0.488. The maximum absolute atomic E-state index is 8.49. The Hall–Kier alpha value is -0.660. The van der Waals surface area contributed by atoms with E-state index in [9.17, 15) is 0 Å². The Morgan fingerprint density at radius 2 is 1.53 bits per heavy atom. The molecule has 0 N–H and O–H groups in total. The van der Waals surface area contributed by atoms with E-state index in [1.807, 2.05) is 55.2 Å². The monoisotopic (exact) mass is 327 g/mol. The van der Waals surface area contributed by atoms with Crippen molar-refractivity contribution in [3.05, 3.63) is 40.9 Å². The van der Waals surface area contributed by atoms with Crippen LogP contribution < -0.4 is 18.6 Å². The Morgan fingerprint density at radius 1 is 1.11 bits per heavy atom. The number of hydrogen-bond donors (Lipinski definition) is 0. The van der Waals surface area contributed by atoms with Gasteiger partial charge in [0.25, 0.3) is 0 Å². The lowest BCUT2D eigenvalue weighted by Gasteiger charge is -2.17. The zero-order valence-corrected chi connectivity index (χ0v) is 12.4. The molecule has 0 atom stereocenters. The smallest absolute Gasteiger partial charge is 0.164 e. The molecular weight excluding hydrogens is 316 g/mol. The second-order valence-electron chi connectivity index (χ2n) is 3.51. The second kappa shape index (κ2) is 8.50. The van der Waals surface area contributed by atoms with E-state index in [0.717, 1.165) is 10.6 Å². The molecule has 0 aromatic heterocycles. The number of hydrogen-bond acceptors (Lipinski definition) is 4. The van der Waals surface area contributed by atoms with Crippen molar-refractivity contribution in [2.45, 2.75) is 0 Å². The van der Waals surface area contributed by atoms with E-state index in [2.05, 4.69) is 0 Å². The van der Waals surface area contributed by atoms with Gasteiger partial charge in [-0.15, -0.1) is 10.2 Å². The third-order valence-corrected chi connectivity index (χ3v) is 2.24. The summed E-state index contributed by atoms with van der Waals surface area (Å²) in [5.74, 6) is 0. The average molecular weight is 329 g/mol. The first-order valence-electron chi connectivity index (χ1n) is 4.84. The van der Waals surface area contributed by atoms with Crippen LogP contribution in [0.2, 0.25) is 5.02 Å². The molecule has 1 rings (SSSR count). The molecule has 19 heavy (non-hydrogen) atoms. The van der Waals surface area contributed by atoms with Crippen LogP contribution in [0.5, 0.6) is 0 Å². The summed E-state index contributed by atoms with van der Waals surface area (Å²) >= 11 is 11.8. The summed E-state index contributed by atoms with van der Waals surface area (Å²) < 4.78 is 35.9. The van der Waals surface area contributed by atoms with E-state index in [1.165, 1.54) is 0 Å². The van der Waals surface area contributed by atoms with E-state index in [-0.39, 0.29) is 0 Å². The lowest BCUT2D eigenvalue weighted by atomic mass is 10.2. The average Bonchev–Trinajstić information content (AvgIpc) is 2.24. The van der Waals surface area contributed by atoms with Crippen LogP contribution in [0, 0.1) is 10.2 Å². The fourth-order valence-corrected chi connectivity index (χ4v) is 1.23. The molecule has 0 saturated heterocycles. The van der Waals surface area contributed by atoms with Gasteiger partial charge in [-0.05, 0) is 17.7 Å². The van der Waals surface area contributed by atoms with E-state index in [1.54, 1.807) is 0 Å². The Balaban J connectivity index is 0.000000555. The summed E-state index contributed by atoms with van der Waals surface area (Å²) in [5, 5.41) is 1.42. The van der Waals surface area contributed by atoms with Crippen LogP contribution in [0.25, 0.3) is 5.03 Å². The SMILES string of the molecule is C[N+](C)=C/C=C(\Cl)c1ccc(Cl)cc1.[O-][Cl+3]([O-])([O-])[O-]. The van der Waals surface area contributed by atoms with Gasteiger partial charge in [0, 0.05) is 11.1 Å². The third-order valence-electron chi connectivity index (χ3n) is 1.64. The van der Waals surface area contributed by atoms with Crippen LogP contribution in [0.3, 0.4) is 0 Å². The predicted octanol–water partition coefficient (Wildman–Crippen LogP) is -1.49. The Morgan fingerprint density at radius 3 is 1.89 bits per heavy atom. The predicted molar refractivity (Wildman–Crippen MR) is 63.5 cm³/mol. The van der Waals surface area contributed by atoms with Crippen molar-refractivity contribution >= 4 is 34.4 Å². The first-order chi connectivity index (χ1) is 8.59. The highest BCUT2D eigenvalue weighted by Crippen LogP contribution is 2.19. The second-order valence-corrected chi connectivity index (χ2v) is 5.11. The molecule has 0 spiro atoms. The highest BCUT2D eigenvalue weighted by molar-refractivity contribution is 6.49. The fraction of sp³-hybridized carbons (Fsp3) is 0.182. The fourth-order valence-electron chi connectivity index (χ4n) is 0.920. The van der Waals surface area contributed by atoms with Gasteiger partial charge in [-0.25, -0.2) is 23.2 Å². The van der Waals surface area contributed by atoms with Crippen molar-refractivity contribution in [1.29, 1.82) is 0 Å². The molecule has 1 aromatic carbocycles. The van der Waals surface area contributed by atoms with Gasteiger partial charge in [-0.1, -0.05) is 35.3 Å². The molecule has 0 bridgehead atoms. The Labute approximate surface area is 123 Å². The van der Waals surface area contributed by atoms with Gasteiger partial charge in [-0.2, -0.15) is 0 Å². The zero-order chi connectivity index (χ0) is 15.1. The highest BCUT2D eigenvalue weighted by atomic mass is 35.7. The molecule has 0 heterocycles. The topological polar surface area (TPSA) is 95.2 Å². The Bertz CT molecular complexity index is 442. The van der Waals surface area contributed by atoms with E-state index >= 15 is 0 Å². The van der Waals surface area contributed by atoms with E-state index in [0.29, 0.717) is 5.03 Å². The number of halogens is 3. The summed E-state index contributed by atoms with van der Waals surface area (Å²) in [5.41, 5.74) is 0.967. The summed E-state index contributed by atoms with van der Waals surface area (Å²) in [6.07, 6.45) is 3.75. The van der Waals surface area contributed by atoms with Gasteiger partial charge in [0.1, 0.15) is 14.1 Å². The molecule has 0 fully saturated rings. The van der Waals surface area contributed by atoms with Crippen LogP contribution in [0.15, 0.2) is 30.3 Å². The number of rotatable bonds is 2. The molecule has 0 saturated carbocycles. The number of nitrogens with zero attached hydrogens (tertiary/aromatic N) is 1. The molecule has 0 aliphatic carbocycles. The minimum Gasteiger partial charge on any atom is -0.241 e. The summed E-state index contributed by atoms with van der Waals surface area (Å²) in [4.78, 5) is 0. The first kappa shape index (κ1) is 18.3. The maximum Gasteiger partial charge on any atom is 0.164 e. The molecule has 0 aliphatic heterocycles. The van der Waals surface area contributed by atoms with Crippen LogP contribution in [-0.4, -0.2) is 24.9 Å². The van der Waals surface area contributed by atoms with Gasteiger partial charge >= 0.3 is 0 Å². The minimum atomic E-state index is -4.94. The standard InChI is InChI=1S/C11H12Cl2N.ClHO4/c1-14(2)8-7-11(13)9-3-5-10(12)6-4-9;2-1(3,4)5/h3-8H,1-2H3;(H,2,3,4,5)/q+1;/p-1/b11-7-;. The molecule has 1 aromatic rings. The maximum atomic E-state index is 8.49. The lowest BCUT2D eigenvalue weighted by molar-refractivity contribution is -2.00. The summed E-state index contributed by atoms with van der Waals surface area (Å²) in [6, 6.07) is 7.43. The minimum absolute atomic E-state index is 0.704. The van der Waals surface area contributed by atoms with Gasteiger partial charge in [-0.3, -0.25) is 0 Å². The zero-order valence-electron chi connectivity index (χ0n) is 10.2. The normalized spacial score (nSPS) is 11.5. The largest absolute Gasteiger partial charge is 0.241 e. The molecule has 0 aliphatic rings. The van der Waals surface area contributed by atoms with E-state index in [4.69, 9.17) is 41.8 Å². The van der Waals surface area contributed by atoms with E-state index < -0.39 is 10.2 Å². The molecule has 0 radical (unpaired) electrons. The Kier molecular flexibility index (Phi) is 8.20. The van der Waals surface area contributed by atoms with Gasteiger partial charge in [0.15, 0.2) is 6.21 Å². The van der Waals surface area contributed by atoms with Crippen molar-refractivity contribution in [2.24, 2.45) is 0 Å². The van der Waals surface area contributed by atoms with Gasteiger partial charge in [0.05, 0.1) is 5.03 Å². The van der Waals surface area contributed by atoms with Crippen molar-refractivity contribution in [3.63, 3.8) is 0 Å². The molecule has 0 unspecified atom stereocenters.